The Kier molecular flexibility index (Phi) is 3.49. The van der Waals surface area contributed by atoms with Gasteiger partial charge in [-0.05, 0) is 42.3 Å². The van der Waals surface area contributed by atoms with E-state index in [0.717, 1.165) is 11.1 Å². The molecular weight excluding hydrogens is 224 g/mol. The summed E-state index contributed by atoms with van der Waals surface area (Å²) in [6, 6.07) is 14.9. The van der Waals surface area contributed by atoms with E-state index in [4.69, 9.17) is 5.26 Å². The summed E-state index contributed by atoms with van der Waals surface area (Å²) in [7, 11) is 0. The maximum absolute atomic E-state index is 9.70. The average Bonchev–Trinajstić information content (AvgIpc) is 2.40. The van der Waals surface area contributed by atoms with Crippen molar-refractivity contribution in [2.75, 3.05) is 5.32 Å². The lowest BCUT2D eigenvalue weighted by Gasteiger charge is -2.09. The van der Waals surface area contributed by atoms with E-state index in [1.54, 1.807) is 12.1 Å². The minimum atomic E-state index is 0.233. The third kappa shape index (κ3) is 2.80. The maximum atomic E-state index is 9.70. The number of rotatable bonds is 3. The van der Waals surface area contributed by atoms with E-state index < -0.39 is 0 Å². The first-order chi connectivity index (χ1) is 8.69. The molecule has 0 aliphatic heterocycles. The van der Waals surface area contributed by atoms with Gasteiger partial charge in [0, 0.05) is 6.54 Å². The van der Waals surface area contributed by atoms with Crippen molar-refractivity contribution in [3.05, 3.63) is 59.2 Å². The zero-order valence-corrected chi connectivity index (χ0v) is 10.1. The van der Waals surface area contributed by atoms with Gasteiger partial charge < -0.3 is 10.4 Å². The van der Waals surface area contributed by atoms with Crippen LogP contribution < -0.4 is 5.32 Å². The molecule has 3 heteroatoms. The van der Waals surface area contributed by atoms with E-state index in [1.807, 2.05) is 37.3 Å². The second-order valence-electron chi connectivity index (χ2n) is 4.19. The molecule has 2 rings (SSSR count). The number of nitriles is 1. The fourth-order valence-electron chi connectivity index (χ4n) is 1.74. The van der Waals surface area contributed by atoms with Crippen LogP contribution in [-0.4, -0.2) is 5.11 Å². The van der Waals surface area contributed by atoms with Crippen molar-refractivity contribution in [2.24, 2.45) is 0 Å². The van der Waals surface area contributed by atoms with E-state index in [1.165, 1.54) is 0 Å². The zero-order chi connectivity index (χ0) is 13.0. The summed E-state index contributed by atoms with van der Waals surface area (Å²) in [5.41, 5.74) is 3.44. The number of aromatic hydroxyl groups is 1. The lowest BCUT2D eigenvalue weighted by molar-refractivity contribution is 0.477. The third-order valence-corrected chi connectivity index (χ3v) is 2.69. The Morgan fingerprint density at radius 3 is 2.83 bits per heavy atom. The lowest BCUT2D eigenvalue weighted by Crippen LogP contribution is -2.00. The number of nitrogens with zero attached hydrogens (tertiary/aromatic N) is 1. The van der Waals surface area contributed by atoms with E-state index in [9.17, 15) is 5.11 Å². The van der Waals surface area contributed by atoms with Crippen molar-refractivity contribution in [2.45, 2.75) is 13.5 Å². The van der Waals surface area contributed by atoms with Crippen LogP contribution in [0.5, 0.6) is 5.75 Å². The molecule has 0 radical (unpaired) electrons. The largest absolute Gasteiger partial charge is 0.506 e. The van der Waals surface area contributed by atoms with Gasteiger partial charge in [0.05, 0.1) is 17.3 Å². The SMILES string of the molecule is Cc1ccc(O)c(NCc2cccc(C#N)c2)c1. The van der Waals surface area contributed by atoms with Gasteiger partial charge in [-0.2, -0.15) is 5.26 Å². The van der Waals surface area contributed by atoms with Gasteiger partial charge in [0.15, 0.2) is 0 Å². The molecule has 0 saturated heterocycles. The molecule has 90 valence electrons. The molecule has 3 nitrogen and oxygen atoms in total. The highest BCUT2D eigenvalue weighted by Crippen LogP contribution is 2.24. The fraction of sp³-hybridized carbons (Fsp3) is 0.133. The number of nitrogens with one attached hydrogen (secondary N) is 1. The van der Waals surface area contributed by atoms with Crippen LogP contribution in [0.3, 0.4) is 0 Å². The highest BCUT2D eigenvalue weighted by atomic mass is 16.3. The maximum Gasteiger partial charge on any atom is 0.138 e. The van der Waals surface area contributed by atoms with Crippen LogP contribution in [0.1, 0.15) is 16.7 Å². The van der Waals surface area contributed by atoms with Crippen LogP contribution in [0.4, 0.5) is 5.69 Å². The number of phenols is 1. The molecule has 2 N–H and O–H groups in total. The predicted molar refractivity (Wildman–Crippen MR) is 71.3 cm³/mol. The van der Waals surface area contributed by atoms with Gasteiger partial charge in [0.25, 0.3) is 0 Å². The molecular formula is C15H14N2O. The van der Waals surface area contributed by atoms with Crippen molar-refractivity contribution >= 4 is 5.69 Å². The van der Waals surface area contributed by atoms with Gasteiger partial charge in [0.1, 0.15) is 5.75 Å². The van der Waals surface area contributed by atoms with Crippen molar-refractivity contribution in [3.63, 3.8) is 0 Å². The van der Waals surface area contributed by atoms with Crippen molar-refractivity contribution in [1.29, 1.82) is 5.26 Å². The molecule has 0 unspecified atom stereocenters. The summed E-state index contributed by atoms with van der Waals surface area (Å²) >= 11 is 0. The van der Waals surface area contributed by atoms with Gasteiger partial charge in [-0.15, -0.1) is 0 Å². The molecule has 0 aliphatic carbocycles. The smallest absolute Gasteiger partial charge is 0.138 e. The molecule has 0 spiro atoms. The molecule has 0 atom stereocenters. The number of anilines is 1. The Labute approximate surface area is 106 Å². The Balaban J connectivity index is 2.11. The van der Waals surface area contributed by atoms with Gasteiger partial charge in [0.2, 0.25) is 0 Å². The molecule has 0 aromatic heterocycles. The van der Waals surface area contributed by atoms with Gasteiger partial charge >= 0.3 is 0 Å². The highest BCUT2D eigenvalue weighted by Gasteiger charge is 2.01. The Hall–Kier alpha value is -2.47. The molecule has 0 amide bonds. The molecule has 18 heavy (non-hydrogen) atoms. The summed E-state index contributed by atoms with van der Waals surface area (Å²) in [5, 5.41) is 21.7. The first-order valence-electron chi connectivity index (χ1n) is 5.71. The first-order valence-corrected chi connectivity index (χ1v) is 5.71. The van der Waals surface area contributed by atoms with Gasteiger partial charge in [-0.1, -0.05) is 18.2 Å². The minimum Gasteiger partial charge on any atom is -0.506 e. The number of aryl methyl sites for hydroxylation is 1. The Bertz CT molecular complexity index is 600. The van der Waals surface area contributed by atoms with E-state index in [2.05, 4.69) is 11.4 Å². The van der Waals surface area contributed by atoms with Gasteiger partial charge in [-0.25, -0.2) is 0 Å². The lowest BCUT2D eigenvalue weighted by atomic mass is 10.1. The van der Waals surface area contributed by atoms with Crippen LogP contribution in [-0.2, 0) is 6.54 Å². The summed E-state index contributed by atoms with van der Waals surface area (Å²) in [4.78, 5) is 0. The quantitative estimate of drug-likeness (QED) is 0.807. The molecule has 0 bridgehead atoms. The molecule has 2 aromatic carbocycles. The van der Waals surface area contributed by atoms with Crippen molar-refractivity contribution < 1.29 is 5.11 Å². The molecule has 0 fully saturated rings. The molecule has 2 aromatic rings. The third-order valence-electron chi connectivity index (χ3n) is 2.69. The average molecular weight is 238 g/mol. The first kappa shape index (κ1) is 12.0. The van der Waals surface area contributed by atoms with Crippen molar-refractivity contribution in [3.8, 4) is 11.8 Å². The number of hydrogen-bond donors (Lipinski definition) is 2. The number of hydrogen-bond acceptors (Lipinski definition) is 3. The minimum absolute atomic E-state index is 0.233. The summed E-state index contributed by atoms with van der Waals surface area (Å²) < 4.78 is 0. The standard InChI is InChI=1S/C15H14N2O/c1-11-5-6-15(18)14(7-11)17-10-13-4-2-3-12(8-13)9-16/h2-8,17-18H,10H2,1H3. The van der Waals surface area contributed by atoms with E-state index in [-0.39, 0.29) is 5.75 Å². The number of phenolic OH excluding ortho intramolecular Hbond substituents is 1. The van der Waals surface area contributed by atoms with Crippen LogP contribution in [0.2, 0.25) is 0 Å². The summed E-state index contributed by atoms with van der Waals surface area (Å²) in [6.07, 6.45) is 0. The monoisotopic (exact) mass is 238 g/mol. The topological polar surface area (TPSA) is 56.0 Å². The molecule has 0 heterocycles. The Morgan fingerprint density at radius 1 is 1.22 bits per heavy atom. The van der Waals surface area contributed by atoms with E-state index in [0.29, 0.717) is 17.8 Å². The zero-order valence-electron chi connectivity index (χ0n) is 10.1. The second kappa shape index (κ2) is 5.24. The summed E-state index contributed by atoms with van der Waals surface area (Å²) in [5.74, 6) is 0.233. The van der Waals surface area contributed by atoms with Gasteiger partial charge in [-0.3, -0.25) is 0 Å². The number of benzene rings is 2. The Morgan fingerprint density at radius 2 is 2.06 bits per heavy atom. The predicted octanol–water partition coefficient (Wildman–Crippen LogP) is 3.18. The molecule has 0 aliphatic rings. The summed E-state index contributed by atoms with van der Waals surface area (Å²) in [6.45, 7) is 2.55. The molecule has 0 saturated carbocycles. The highest BCUT2D eigenvalue weighted by molar-refractivity contribution is 5.57. The van der Waals surface area contributed by atoms with E-state index >= 15 is 0 Å². The fourth-order valence-corrected chi connectivity index (χ4v) is 1.74. The van der Waals surface area contributed by atoms with Crippen LogP contribution >= 0.6 is 0 Å². The van der Waals surface area contributed by atoms with Crippen LogP contribution in [0.25, 0.3) is 0 Å². The van der Waals surface area contributed by atoms with Crippen LogP contribution in [0.15, 0.2) is 42.5 Å². The van der Waals surface area contributed by atoms with Crippen molar-refractivity contribution in [1.82, 2.24) is 0 Å². The van der Waals surface area contributed by atoms with Crippen LogP contribution in [0, 0.1) is 18.3 Å². The second-order valence-corrected chi connectivity index (χ2v) is 4.19. The normalized spacial score (nSPS) is 9.78.